The van der Waals surface area contributed by atoms with Crippen molar-refractivity contribution in [1.29, 1.82) is 0 Å². The number of ether oxygens (including phenoxy) is 2. The molecular formula is C23H30B2N4O2. The molecule has 2 spiro atoms. The first kappa shape index (κ1) is 20.6. The molecule has 160 valence electrons. The lowest BCUT2D eigenvalue weighted by atomic mass is 9.44. The highest BCUT2D eigenvalue weighted by Gasteiger charge is 2.69. The summed E-state index contributed by atoms with van der Waals surface area (Å²) in [5, 5.41) is -0.535. The van der Waals surface area contributed by atoms with E-state index in [0.717, 1.165) is 43.2 Å². The van der Waals surface area contributed by atoms with Crippen molar-refractivity contribution >= 4 is 21.7 Å². The van der Waals surface area contributed by atoms with Crippen LogP contribution in [-0.4, -0.2) is 50.3 Å². The van der Waals surface area contributed by atoms with Crippen LogP contribution in [0.3, 0.4) is 0 Å². The number of methoxy groups -OCH3 is 1. The molecule has 4 atom stereocenters. The Labute approximate surface area is 185 Å². The highest BCUT2D eigenvalue weighted by atomic mass is 16.5. The molecule has 2 aromatic rings. The Morgan fingerprint density at radius 1 is 1.23 bits per heavy atom. The van der Waals surface area contributed by atoms with Crippen LogP contribution in [0.5, 0.6) is 0 Å². The Morgan fingerprint density at radius 2 is 2.00 bits per heavy atom. The molecule has 0 bridgehead atoms. The Bertz CT molecular complexity index is 1030. The lowest BCUT2D eigenvalue weighted by Gasteiger charge is -2.53. The fourth-order valence-corrected chi connectivity index (χ4v) is 6.87. The van der Waals surface area contributed by atoms with Crippen molar-refractivity contribution in [1.82, 2.24) is 9.97 Å². The number of amidine groups is 1. The average Bonchev–Trinajstić information content (AvgIpc) is 3.18. The second-order valence-corrected chi connectivity index (χ2v) is 9.91. The first-order valence-electron chi connectivity index (χ1n) is 11.3. The van der Waals surface area contributed by atoms with Crippen LogP contribution >= 0.6 is 0 Å². The highest BCUT2D eigenvalue weighted by molar-refractivity contribution is 6.41. The lowest BCUT2D eigenvalue weighted by molar-refractivity contribution is -0.0620. The van der Waals surface area contributed by atoms with Gasteiger partial charge >= 0.3 is 0 Å². The minimum Gasteiger partial charge on any atom is -0.475 e. The standard InChI is InChI=1S/C23H30B2N4O2/c1-3-14-9-21(7-6-19(14)30-2)10-16-5-4-15(17-11-27-13-28-12-17)8-18(16)22(21)23(24,25)31-20(26)29-22/h4-5,8,11-14,19H,3,6-7,9-10,24-25H2,1-2H3,(H2,26,29)/t14-,19-,21-,22+/m1/s1. The zero-order valence-corrected chi connectivity index (χ0v) is 18.9. The molecule has 0 unspecified atom stereocenters. The Balaban J connectivity index is 1.69. The van der Waals surface area contributed by atoms with E-state index >= 15 is 0 Å². The molecule has 2 N–H and O–H groups in total. The van der Waals surface area contributed by atoms with E-state index in [0.29, 0.717) is 18.0 Å². The second-order valence-electron chi connectivity index (χ2n) is 9.91. The third kappa shape index (κ3) is 2.80. The SMILES string of the molecule is BC1(B)OC(N)=N[C@]12c1cc(-c3cncnc3)ccc1C[C@]21CC[C@@H](OC)[C@H](CC)C1. The van der Waals surface area contributed by atoms with Crippen LogP contribution < -0.4 is 5.73 Å². The van der Waals surface area contributed by atoms with Crippen molar-refractivity contribution in [2.45, 2.75) is 56.1 Å². The van der Waals surface area contributed by atoms with Gasteiger partial charge in [0.2, 0.25) is 0 Å². The van der Waals surface area contributed by atoms with Crippen LogP contribution in [0, 0.1) is 11.3 Å². The van der Waals surface area contributed by atoms with Crippen molar-refractivity contribution in [2.24, 2.45) is 22.1 Å². The molecule has 1 fully saturated rings. The normalized spacial score (nSPS) is 33.3. The molecule has 1 aromatic carbocycles. The molecule has 31 heavy (non-hydrogen) atoms. The summed E-state index contributed by atoms with van der Waals surface area (Å²) in [5.41, 5.74) is 10.4. The molecular weight excluding hydrogens is 386 g/mol. The van der Waals surface area contributed by atoms with E-state index in [9.17, 15) is 0 Å². The van der Waals surface area contributed by atoms with Crippen LogP contribution in [0.2, 0.25) is 0 Å². The minimum absolute atomic E-state index is 0.0402. The van der Waals surface area contributed by atoms with Gasteiger partial charge in [-0.3, -0.25) is 0 Å². The number of aliphatic imine (C=N–C) groups is 1. The van der Waals surface area contributed by atoms with Gasteiger partial charge in [-0.25, -0.2) is 15.0 Å². The van der Waals surface area contributed by atoms with Crippen molar-refractivity contribution in [2.75, 3.05) is 7.11 Å². The topological polar surface area (TPSA) is 82.6 Å². The van der Waals surface area contributed by atoms with Gasteiger partial charge in [0.25, 0.3) is 6.02 Å². The summed E-state index contributed by atoms with van der Waals surface area (Å²) in [5.74, 6) is 0.500. The second kappa shape index (κ2) is 7.09. The van der Waals surface area contributed by atoms with Crippen LogP contribution in [0.1, 0.15) is 43.7 Å². The van der Waals surface area contributed by atoms with Gasteiger partial charge in [-0.1, -0.05) is 25.5 Å². The van der Waals surface area contributed by atoms with E-state index in [-0.39, 0.29) is 5.41 Å². The first-order chi connectivity index (χ1) is 14.9. The number of benzene rings is 1. The molecule has 8 heteroatoms. The highest BCUT2D eigenvalue weighted by Crippen LogP contribution is 2.66. The number of hydrogen-bond donors (Lipinski definition) is 1. The van der Waals surface area contributed by atoms with Gasteiger partial charge in [0, 0.05) is 30.5 Å². The molecule has 3 aliphatic rings. The third-order valence-corrected chi connectivity index (χ3v) is 8.11. The summed E-state index contributed by atoms with van der Waals surface area (Å²) in [6.45, 7) is 2.27. The molecule has 1 aliphatic heterocycles. The Kier molecular flexibility index (Phi) is 4.70. The number of nitrogens with zero attached hydrogens (tertiary/aromatic N) is 3. The first-order valence-corrected chi connectivity index (χ1v) is 11.3. The van der Waals surface area contributed by atoms with Gasteiger partial charge < -0.3 is 15.2 Å². The molecule has 2 aliphatic carbocycles. The summed E-state index contributed by atoms with van der Waals surface area (Å²) in [4.78, 5) is 13.6. The maximum Gasteiger partial charge on any atom is 0.282 e. The summed E-state index contributed by atoms with van der Waals surface area (Å²) in [6, 6.07) is 7.02. The Hall–Kier alpha value is -2.34. The molecule has 5 rings (SSSR count). The largest absolute Gasteiger partial charge is 0.475 e. The minimum atomic E-state index is -0.535. The van der Waals surface area contributed by atoms with E-state index < -0.39 is 10.9 Å². The molecule has 1 saturated carbocycles. The summed E-state index contributed by atoms with van der Waals surface area (Å²) >= 11 is 0. The van der Waals surface area contributed by atoms with E-state index in [1.54, 1.807) is 6.33 Å². The van der Waals surface area contributed by atoms with Crippen molar-refractivity contribution in [3.8, 4) is 11.1 Å². The zero-order valence-electron chi connectivity index (χ0n) is 18.9. The molecule has 2 heterocycles. The predicted octanol–water partition coefficient (Wildman–Crippen LogP) is 1.37. The number of aromatic nitrogens is 2. The van der Waals surface area contributed by atoms with Crippen molar-refractivity contribution in [3.05, 3.63) is 48.0 Å². The van der Waals surface area contributed by atoms with E-state index in [4.69, 9.17) is 20.2 Å². The smallest absolute Gasteiger partial charge is 0.282 e. The molecule has 0 amide bonds. The number of nitrogens with two attached hydrogens (primary N) is 1. The molecule has 1 aromatic heterocycles. The van der Waals surface area contributed by atoms with Gasteiger partial charge in [-0.2, -0.15) is 0 Å². The van der Waals surface area contributed by atoms with Crippen molar-refractivity contribution < 1.29 is 9.47 Å². The van der Waals surface area contributed by atoms with Gasteiger partial charge in [0.15, 0.2) is 15.7 Å². The predicted molar refractivity (Wildman–Crippen MR) is 126 cm³/mol. The lowest BCUT2D eigenvalue weighted by Crippen LogP contribution is -2.60. The van der Waals surface area contributed by atoms with Gasteiger partial charge in [0.05, 0.1) is 11.5 Å². The Morgan fingerprint density at radius 3 is 2.65 bits per heavy atom. The molecule has 6 nitrogen and oxygen atoms in total. The number of rotatable bonds is 3. The fourth-order valence-electron chi connectivity index (χ4n) is 6.87. The van der Waals surface area contributed by atoms with Gasteiger partial charge in [-0.05, 0) is 54.4 Å². The zero-order chi connectivity index (χ0) is 21.9. The van der Waals surface area contributed by atoms with Gasteiger partial charge in [0.1, 0.15) is 11.9 Å². The van der Waals surface area contributed by atoms with Gasteiger partial charge in [-0.15, -0.1) is 0 Å². The van der Waals surface area contributed by atoms with E-state index in [1.807, 2.05) is 19.5 Å². The number of fused-ring (bicyclic) bond motifs is 3. The summed E-state index contributed by atoms with van der Waals surface area (Å²) in [6.07, 6.45) is 10.8. The number of hydrogen-bond acceptors (Lipinski definition) is 6. The molecule has 0 saturated heterocycles. The average molecular weight is 416 g/mol. The maximum absolute atomic E-state index is 6.26. The van der Waals surface area contributed by atoms with Crippen LogP contribution in [0.15, 0.2) is 41.9 Å². The summed E-state index contributed by atoms with van der Waals surface area (Å²) < 4.78 is 12.1. The fraction of sp³-hybridized carbons (Fsp3) is 0.522. The summed E-state index contributed by atoms with van der Waals surface area (Å²) in [7, 11) is 6.14. The van der Waals surface area contributed by atoms with E-state index in [2.05, 4.69) is 50.8 Å². The van der Waals surface area contributed by atoms with Crippen LogP contribution in [0.4, 0.5) is 0 Å². The third-order valence-electron chi connectivity index (χ3n) is 8.11. The molecule has 0 radical (unpaired) electrons. The van der Waals surface area contributed by atoms with E-state index in [1.165, 1.54) is 11.1 Å². The van der Waals surface area contributed by atoms with Crippen LogP contribution in [-0.2, 0) is 21.4 Å². The van der Waals surface area contributed by atoms with Crippen molar-refractivity contribution in [3.63, 3.8) is 0 Å². The maximum atomic E-state index is 6.26. The van der Waals surface area contributed by atoms with Crippen LogP contribution in [0.25, 0.3) is 11.1 Å². The quantitative estimate of drug-likeness (QED) is 0.765. The monoisotopic (exact) mass is 416 g/mol.